The zero-order chi connectivity index (χ0) is 17.6. The van der Waals surface area contributed by atoms with Crippen molar-refractivity contribution in [2.24, 2.45) is 0 Å². The maximum absolute atomic E-state index is 12.2. The van der Waals surface area contributed by atoms with Crippen LogP contribution in [0.15, 0.2) is 71.2 Å². The smallest absolute Gasteiger partial charge is 0.256 e. The summed E-state index contributed by atoms with van der Waals surface area (Å²) in [5.41, 5.74) is 1.72. The van der Waals surface area contributed by atoms with Gasteiger partial charge < -0.3 is 10.6 Å². The lowest BCUT2D eigenvalue weighted by Crippen LogP contribution is -2.14. The molecule has 0 radical (unpaired) electrons. The number of carbonyl (C=O) groups excluding carboxylic acids is 1. The fraction of sp³-hybridized carbons (Fsp3) is 0.105. The third-order valence-corrected chi connectivity index (χ3v) is 4.15. The summed E-state index contributed by atoms with van der Waals surface area (Å²) < 4.78 is 0.848. The van der Waals surface area contributed by atoms with Gasteiger partial charge in [-0.15, -0.1) is 10.2 Å². The van der Waals surface area contributed by atoms with Crippen LogP contribution in [-0.2, 0) is 0 Å². The van der Waals surface area contributed by atoms with E-state index < -0.39 is 0 Å². The van der Waals surface area contributed by atoms with Crippen LogP contribution in [0.25, 0.3) is 0 Å². The Morgan fingerprint density at radius 1 is 0.960 bits per heavy atom. The topological polar surface area (TPSA) is 66.9 Å². The van der Waals surface area contributed by atoms with Crippen molar-refractivity contribution in [3.05, 3.63) is 82.3 Å². The van der Waals surface area contributed by atoms with E-state index in [2.05, 4.69) is 55.8 Å². The number of anilines is 2. The first-order valence-electron chi connectivity index (χ1n) is 7.84. The molecule has 126 valence electrons. The number of aromatic nitrogens is 2. The van der Waals surface area contributed by atoms with Gasteiger partial charge in [-0.2, -0.15) is 0 Å². The lowest BCUT2D eigenvalue weighted by molar-refractivity contribution is 0.102. The molecule has 0 aliphatic carbocycles. The maximum Gasteiger partial charge on any atom is 0.256 e. The first-order valence-corrected chi connectivity index (χ1v) is 8.63. The van der Waals surface area contributed by atoms with Gasteiger partial charge in [0, 0.05) is 16.1 Å². The molecular weight excluding hydrogens is 380 g/mol. The minimum atomic E-state index is -0.228. The summed E-state index contributed by atoms with van der Waals surface area (Å²) in [6.07, 6.45) is 0. The molecule has 6 heteroatoms. The van der Waals surface area contributed by atoms with E-state index in [-0.39, 0.29) is 11.9 Å². The van der Waals surface area contributed by atoms with Crippen molar-refractivity contribution >= 4 is 33.5 Å². The van der Waals surface area contributed by atoms with Crippen molar-refractivity contribution in [2.45, 2.75) is 13.0 Å². The number of halogens is 1. The van der Waals surface area contributed by atoms with E-state index in [1.54, 1.807) is 24.3 Å². The number of carbonyl (C=O) groups is 1. The minimum absolute atomic E-state index is 0.109. The maximum atomic E-state index is 12.2. The summed E-state index contributed by atoms with van der Waals surface area (Å²) in [5.74, 6) is 0.827. The number of amides is 1. The molecule has 3 rings (SSSR count). The van der Waals surface area contributed by atoms with Gasteiger partial charge in [-0.05, 0) is 42.8 Å². The standard InChI is InChI=1S/C19H17BrN4O/c1-13(14-6-3-2-4-7-14)21-17-10-11-18(24-23-17)22-19(25)15-8-5-9-16(20)12-15/h2-13H,1H3,(H,21,23)(H,22,24,25). The SMILES string of the molecule is CC(Nc1ccc(NC(=O)c2cccc(Br)c2)nn1)c1ccccc1. The van der Waals surface area contributed by atoms with Gasteiger partial charge in [0.1, 0.15) is 5.82 Å². The Balaban J connectivity index is 1.63. The fourth-order valence-corrected chi connectivity index (χ4v) is 2.74. The van der Waals surface area contributed by atoms with Gasteiger partial charge in [0.05, 0.1) is 0 Å². The molecule has 25 heavy (non-hydrogen) atoms. The monoisotopic (exact) mass is 396 g/mol. The van der Waals surface area contributed by atoms with Crippen molar-refractivity contribution in [2.75, 3.05) is 10.6 Å². The Kier molecular flexibility index (Phi) is 5.40. The Bertz CT molecular complexity index is 853. The van der Waals surface area contributed by atoms with E-state index in [0.717, 1.165) is 10.0 Å². The van der Waals surface area contributed by atoms with Crippen LogP contribution in [0.5, 0.6) is 0 Å². The predicted octanol–water partition coefficient (Wildman–Crippen LogP) is 4.66. The first kappa shape index (κ1) is 17.1. The molecule has 2 aromatic carbocycles. The van der Waals surface area contributed by atoms with Gasteiger partial charge in [0.2, 0.25) is 0 Å². The molecule has 1 atom stereocenters. The van der Waals surface area contributed by atoms with Crippen LogP contribution in [0, 0.1) is 0 Å². The van der Waals surface area contributed by atoms with Crippen LogP contribution in [0.2, 0.25) is 0 Å². The van der Waals surface area contributed by atoms with Gasteiger partial charge >= 0.3 is 0 Å². The number of hydrogen-bond donors (Lipinski definition) is 2. The summed E-state index contributed by atoms with van der Waals surface area (Å²) in [6.45, 7) is 2.06. The first-order chi connectivity index (χ1) is 12.1. The lowest BCUT2D eigenvalue weighted by Gasteiger charge is -2.14. The normalized spacial score (nSPS) is 11.6. The quantitative estimate of drug-likeness (QED) is 0.657. The highest BCUT2D eigenvalue weighted by Crippen LogP contribution is 2.18. The third-order valence-electron chi connectivity index (χ3n) is 3.66. The molecule has 0 aliphatic heterocycles. The summed E-state index contributed by atoms with van der Waals surface area (Å²) >= 11 is 3.35. The molecule has 1 amide bonds. The molecule has 5 nitrogen and oxygen atoms in total. The summed E-state index contributed by atoms with van der Waals surface area (Å²) in [7, 11) is 0. The summed E-state index contributed by atoms with van der Waals surface area (Å²) in [6, 6.07) is 20.9. The van der Waals surface area contributed by atoms with Gasteiger partial charge in [0.25, 0.3) is 5.91 Å². The number of hydrogen-bond acceptors (Lipinski definition) is 4. The van der Waals surface area contributed by atoms with Crippen LogP contribution in [0.4, 0.5) is 11.6 Å². The molecular formula is C19H17BrN4O. The number of rotatable bonds is 5. The van der Waals surface area contributed by atoms with Crippen LogP contribution in [0.3, 0.4) is 0 Å². The molecule has 1 aromatic heterocycles. The second kappa shape index (κ2) is 7.90. The molecule has 0 aliphatic rings. The van der Waals surface area contributed by atoms with Gasteiger partial charge in [-0.1, -0.05) is 52.3 Å². The van der Waals surface area contributed by atoms with E-state index in [0.29, 0.717) is 17.2 Å². The van der Waals surface area contributed by atoms with E-state index in [1.807, 2.05) is 30.3 Å². The highest BCUT2D eigenvalue weighted by atomic mass is 79.9. The molecule has 1 heterocycles. The van der Waals surface area contributed by atoms with E-state index in [4.69, 9.17) is 0 Å². The van der Waals surface area contributed by atoms with Crippen molar-refractivity contribution in [3.8, 4) is 0 Å². The molecule has 0 saturated carbocycles. The van der Waals surface area contributed by atoms with Crippen molar-refractivity contribution in [3.63, 3.8) is 0 Å². The lowest BCUT2D eigenvalue weighted by atomic mass is 10.1. The minimum Gasteiger partial charge on any atom is -0.362 e. The van der Waals surface area contributed by atoms with Crippen LogP contribution >= 0.6 is 15.9 Å². The Hall–Kier alpha value is -2.73. The number of benzene rings is 2. The molecule has 3 aromatic rings. The Morgan fingerprint density at radius 3 is 2.36 bits per heavy atom. The van der Waals surface area contributed by atoms with E-state index in [1.165, 1.54) is 0 Å². The Morgan fingerprint density at radius 2 is 1.68 bits per heavy atom. The van der Waals surface area contributed by atoms with Gasteiger partial charge in [-0.3, -0.25) is 4.79 Å². The van der Waals surface area contributed by atoms with E-state index in [9.17, 15) is 4.79 Å². The molecule has 1 unspecified atom stereocenters. The Labute approximate surface area is 154 Å². The van der Waals surface area contributed by atoms with Crippen LogP contribution in [-0.4, -0.2) is 16.1 Å². The van der Waals surface area contributed by atoms with Gasteiger partial charge in [0.15, 0.2) is 5.82 Å². The fourth-order valence-electron chi connectivity index (χ4n) is 2.34. The molecule has 0 spiro atoms. The van der Waals surface area contributed by atoms with Crippen LogP contribution in [0.1, 0.15) is 28.9 Å². The zero-order valence-corrected chi connectivity index (χ0v) is 15.2. The van der Waals surface area contributed by atoms with E-state index >= 15 is 0 Å². The van der Waals surface area contributed by atoms with Gasteiger partial charge in [-0.25, -0.2) is 0 Å². The summed E-state index contributed by atoms with van der Waals surface area (Å²) in [5, 5.41) is 14.2. The number of nitrogens with one attached hydrogen (secondary N) is 2. The molecule has 0 saturated heterocycles. The van der Waals surface area contributed by atoms with Crippen LogP contribution < -0.4 is 10.6 Å². The average molecular weight is 397 g/mol. The highest BCUT2D eigenvalue weighted by molar-refractivity contribution is 9.10. The summed E-state index contributed by atoms with van der Waals surface area (Å²) in [4.78, 5) is 12.2. The number of nitrogens with zero attached hydrogens (tertiary/aromatic N) is 2. The molecule has 2 N–H and O–H groups in total. The molecule has 0 bridgehead atoms. The zero-order valence-electron chi connectivity index (χ0n) is 13.6. The average Bonchev–Trinajstić information content (AvgIpc) is 2.64. The second-order valence-corrected chi connectivity index (χ2v) is 6.46. The van der Waals surface area contributed by atoms with Crippen molar-refractivity contribution in [1.82, 2.24) is 10.2 Å². The predicted molar refractivity (Wildman–Crippen MR) is 103 cm³/mol. The van der Waals surface area contributed by atoms with Crippen molar-refractivity contribution < 1.29 is 4.79 Å². The third kappa shape index (κ3) is 4.64. The largest absolute Gasteiger partial charge is 0.362 e. The highest BCUT2D eigenvalue weighted by Gasteiger charge is 2.09. The second-order valence-electron chi connectivity index (χ2n) is 5.54. The molecule has 0 fully saturated rings. The van der Waals surface area contributed by atoms with Crippen molar-refractivity contribution in [1.29, 1.82) is 0 Å².